The molecule has 0 atom stereocenters. The van der Waals surface area contributed by atoms with Gasteiger partial charge < -0.3 is 9.97 Å². The largest absolute Gasteiger partial charge is 0.341 e. The number of hydrogen-bond donors (Lipinski definition) is 2. The van der Waals surface area contributed by atoms with Crippen LogP contribution in [0.4, 0.5) is 0 Å². The van der Waals surface area contributed by atoms with Crippen molar-refractivity contribution < 1.29 is 0 Å². The summed E-state index contributed by atoms with van der Waals surface area (Å²) in [5.74, 6) is 0.945. The van der Waals surface area contributed by atoms with E-state index in [2.05, 4.69) is 26.9 Å². The zero-order valence-corrected chi connectivity index (χ0v) is 10.2. The van der Waals surface area contributed by atoms with E-state index in [0.29, 0.717) is 4.64 Å². The summed E-state index contributed by atoms with van der Waals surface area (Å²) in [6, 6.07) is 0. The minimum atomic E-state index is 0.608. The lowest BCUT2D eigenvalue weighted by Gasteiger charge is -2.00. The van der Waals surface area contributed by atoms with Crippen molar-refractivity contribution in [3.8, 4) is 0 Å². The van der Waals surface area contributed by atoms with Gasteiger partial charge >= 0.3 is 0 Å². The van der Waals surface area contributed by atoms with Gasteiger partial charge in [-0.15, -0.1) is 0 Å². The number of unbranched alkanes of at least 4 members (excludes halogenated alkanes) is 3. The van der Waals surface area contributed by atoms with E-state index < -0.39 is 0 Å². The molecule has 16 heavy (non-hydrogen) atoms. The molecule has 0 radical (unpaired) electrons. The second-order valence-corrected chi connectivity index (χ2v) is 4.31. The van der Waals surface area contributed by atoms with Crippen molar-refractivity contribution in [2.45, 2.75) is 39.0 Å². The molecule has 2 aromatic rings. The average Bonchev–Trinajstić information content (AvgIpc) is 2.73. The molecule has 5 heteroatoms. The van der Waals surface area contributed by atoms with Gasteiger partial charge in [0.2, 0.25) is 0 Å². The van der Waals surface area contributed by atoms with E-state index in [1.54, 1.807) is 6.33 Å². The van der Waals surface area contributed by atoms with E-state index in [-0.39, 0.29) is 0 Å². The van der Waals surface area contributed by atoms with Crippen LogP contribution < -0.4 is 0 Å². The Labute approximate surface area is 99.5 Å². The van der Waals surface area contributed by atoms with Crippen LogP contribution >= 0.6 is 12.2 Å². The quantitative estimate of drug-likeness (QED) is 0.619. The number of imidazole rings is 1. The Hall–Kier alpha value is -1.23. The minimum Gasteiger partial charge on any atom is -0.341 e. The van der Waals surface area contributed by atoms with Crippen LogP contribution in [0, 0.1) is 4.64 Å². The van der Waals surface area contributed by atoms with Crippen LogP contribution in [0.2, 0.25) is 0 Å². The lowest BCUT2D eigenvalue weighted by Crippen LogP contribution is -1.96. The lowest BCUT2D eigenvalue weighted by atomic mass is 10.1. The molecule has 0 unspecified atom stereocenters. The Morgan fingerprint density at radius 1 is 1.31 bits per heavy atom. The number of nitrogens with one attached hydrogen (secondary N) is 2. The van der Waals surface area contributed by atoms with Crippen molar-refractivity contribution >= 4 is 23.4 Å². The molecule has 0 aliphatic rings. The van der Waals surface area contributed by atoms with Crippen molar-refractivity contribution in [2.24, 2.45) is 0 Å². The second-order valence-electron chi connectivity index (χ2n) is 3.93. The third kappa shape index (κ3) is 2.47. The molecule has 0 saturated heterocycles. The van der Waals surface area contributed by atoms with Gasteiger partial charge in [-0.1, -0.05) is 38.4 Å². The monoisotopic (exact) mass is 236 g/mol. The Kier molecular flexibility index (Phi) is 3.66. The molecule has 0 saturated carbocycles. The van der Waals surface area contributed by atoms with E-state index in [4.69, 9.17) is 12.2 Å². The molecule has 2 N–H and O–H groups in total. The maximum atomic E-state index is 5.19. The number of aryl methyl sites for hydroxylation is 1. The zero-order valence-electron chi connectivity index (χ0n) is 9.42. The molecule has 2 heterocycles. The summed E-state index contributed by atoms with van der Waals surface area (Å²) in [5.41, 5.74) is 1.64. The van der Waals surface area contributed by atoms with Gasteiger partial charge in [0.05, 0.1) is 6.33 Å². The third-order valence-electron chi connectivity index (χ3n) is 2.62. The van der Waals surface area contributed by atoms with Crippen LogP contribution in [0.25, 0.3) is 11.2 Å². The normalized spacial score (nSPS) is 11.1. The fraction of sp³-hybridized carbons (Fsp3) is 0.545. The maximum absolute atomic E-state index is 5.19. The Morgan fingerprint density at radius 3 is 3.00 bits per heavy atom. The number of aromatic amines is 2. The second kappa shape index (κ2) is 5.21. The van der Waals surface area contributed by atoms with Crippen molar-refractivity contribution in [2.75, 3.05) is 0 Å². The van der Waals surface area contributed by atoms with Gasteiger partial charge in [0, 0.05) is 6.42 Å². The predicted molar refractivity (Wildman–Crippen MR) is 66.9 cm³/mol. The first-order valence-corrected chi connectivity index (χ1v) is 6.14. The van der Waals surface area contributed by atoms with Gasteiger partial charge in [-0.05, 0) is 6.42 Å². The molecule has 0 aliphatic carbocycles. The van der Waals surface area contributed by atoms with Crippen LogP contribution in [-0.4, -0.2) is 19.9 Å². The standard InChI is InChI=1S/C11H16N4S/c1-2-3-4-5-6-8-14-10-9(11(16)15-8)12-7-13-10/h7H,2-6H2,1H3,(H2,12,13,14,15,16). The van der Waals surface area contributed by atoms with Crippen molar-refractivity contribution in [1.82, 2.24) is 19.9 Å². The van der Waals surface area contributed by atoms with Gasteiger partial charge in [0.25, 0.3) is 0 Å². The topological polar surface area (TPSA) is 57.4 Å². The van der Waals surface area contributed by atoms with Crippen molar-refractivity contribution in [3.63, 3.8) is 0 Å². The summed E-state index contributed by atoms with van der Waals surface area (Å²) in [5, 5.41) is 0. The minimum absolute atomic E-state index is 0.608. The first kappa shape index (κ1) is 11.3. The van der Waals surface area contributed by atoms with E-state index in [0.717, 1.165) is 29.8 Å². The molecular formula is C11H16N4S. The van der Waals surface area contributed by atoms with E-state index in [1.807, 2.05) is 0 Å². The summed E-state index contributed by atoms with van der Waals surface area (Å²) in [6.07, 6.45) is 7.53. The highest BCUT2D eigenvalue weighted by Gasteiger charge is 2.02. The summed E-state index contributed by atoms with van der Waals surface area (Å²) < 4.78 is 0.608. The molecule has 0 amide bonds. The van der Waals surface area contributed by atoms with Crippen molar-refractivity contribution in [1.29, 1.82) is 0 Å². The zero-order chi connectivity index (χ0) is 11.4. The van der Waals surface area contributed by atoms with Crippen LogP contribution in [0.1, 0.15) is 38.4 Å². The van der Waals surface area contributed by atoms with E-state index >= 15 is 0 Å². The van der Waals surface area contributed by atoms with Gasteiger partial charge in [-0.25, -0.2) is 9.97 Å². The molecule has 2 rings (SSSR count). The van der Waals surface area contributed by atoms with Crippen LogP contribution in [0.15, 0.2) is 6.33 Å². The van der Waals surface area contributed by atoms with Crippen LogP contribution in [0.5, 0.6) is 0 Å². The van der Waals surface area contributed by atoms with Crippen LogP contribution in [0.3, 0.4) is 0 Å². The van der Waals surface area contributed by atoms with Gasteiger partial charge in [-0.2, -0.15) is 0 Å². The molecule has 0 bridgehead atoms. The van der Waals surface area contributed by atoms with E-state index in [9.17, 15) is 0 Å². The highest BCUT2D eigenvalue weighted by molar-refractivity contribution is 7.71. The van der Waals surface area contributed by atoms with E-state index in [1.165, 1.54) is 19.3 Å². The molecule has 0 aromatic carbocycles. The average molecular weight is 236 g/mol. The molecule has 0 aliphatic heterocycles. The number of fused-ring (bicyclic) bond motifs is 1. The summed E-state index contributed by atoms with van der Waals surface area (Å²) in [4.78, 5) is 14.7. The predicted octanol–water partition coefficient (Wildman–Crippen LogP) is 3.14. The Morgan fingerprint density at radius 2 is 2.19 bits per heavy atom. The Balaban J connectivity index is 2.10. The molecule has 2 aromatic heterocycles. The number of H-pyrrole nitrogens is 2. The van der Waals surface area contributed by atoms with Crippen molar-refractivity contribution in [3.05, 3.63) is 16.8 Å². The summed E-state index contributed by atoms with van der Waals surface area (Å²) in [7, 11) is 0. The highest BCUT2D eigenvalue weighted by atomic mass is 32.1. The molecule has 4 nitrogen and oxygen atoms in total. The smallest absolute Gasteiger partial charge is 0.160 e. The highest BCUT2D eigenvalue weighted by Crippen LogP contribution is 2.09. The SMILES string of the molecule is CCCCCCc1nc(=S)c2[nH]cnc2[nH]1. The fourth-order valence-corrected chi connectivity index (χ4v) is 2.00. The Bertz CT molecular complexity index is 514. The van der Waals surface area contributed by atoms with Gasteiger partial charge in [0.15, 0.2) is 10.3 Å². The third-order valence-corrected chi connectivity index (χ3v) is 2.91. The summed E-state index contributed by atoms with van der Waals surface area (Å²) >= 11 is 5.19. The lowest BCUT2D eigenvalue weighted by molar-refractivity contribution is 0.653. The van der Waals surface area contributed by atoms with Gasteiger partial charge in [0.1, 0.15) is 11.3 Å². The number of nitrogens with zero attached hydrogens (tertiary/aromatic N) is 2. The molecule has 0 fully saturated rings. The molecule has 86 valence electrons. The maximum Gasteiger partial charge on any atom is 0.160 e. The number of hydrogen-bond acceptors (Lipinski definition) is 3. The first-order chi connectivity index (χ1) is 7.81. The van der Waals surface area contributed by atoms with Crippen LogP contribution in [-0.2, 0) is 6.42 Å². The molecular weight excluding hydrogens is 220 g/mol. The fourth-order valence-electron chi connectivity index (χ4n) is 1.73. The first-order valence-electron chi connectivity index (χ1n) is 5.73. The number of aromatic nitrogens is 4. The molecule has 0 spiro atoms. The number of rotatable bonds is 5. The summed E-state index contributed by atoms with van der Waals surface area (Å²) in [6.45, 7) is 2.21. The van der Waals surface area contributed by atoms with Gasteiger partial charge in [-0.3, -0.25) is 0 Å².